The second-order valence-electron chi connectivity index (χ2n) is 7.24. The van der Waals surface area contributed by atoms with E-state index in [1.807, 2.05) is 38.3 Å². The van der Waals surface area contributed by atoms with Gasteiger partial charge in [0.2, 0.25) is 11.1 Å². The number of halogens is 1. The average molecular weight is 489 g/mol. The Balaban J connectivity index is 1.55. The molecule has 1 amide bonds. The normalized spacial score (nSPS) is 11.2. The first-order valence-corrected chi connectivity index (χ1v) is 11.9. The lowest BCUT2D eigenvalue weighted by Crippen LogP contribution is -2.24. The maximum absolute atomic E-state index is 12.5. The molecule has 0 saturated carbocycles. The molecule has 0 atom stereocenters. The molecule has 2 N–H and O–H groups in total. The number of hydrogen-bond acceptors (Lipinski definition) is 8. The lowest BCUT2D eigenvalue weighted by molar-refractivity contribution is -0.115. The monoisotopic (exact) mass is 488 g/mol. The van der Waals surface area contributed by atoms with Gasteiger partial charge in [0.1, 0.15) is 5.76 Å². The van der Waals surface area contributed by atoms with Crippen molar-refractivity contribution in [2.24, 2.45) is 0 Å². The van der Waals surface area contributed by atoms with Crippen LogP contribution < -0.4 is 10.7 Å². The summed E-state index contributed by atoms with van der Waals surface area (Å²) in [5, 5.41) is 11.9. The fourth-order valence-corrected chi connectivity index (χ4v) is 5.49. The van der Waals surface area contributed by atoms with Crippen LogP contribution >= 0.6 is 34.7 Å². The van der Waals surface area contributed by atoms with Crippen LogP contribution in [-0.4, -0.2) is 25.8 Å². The molecule has 4 aromatic rings. The summed E-state index contributed by atoms with van der Waals surface area (Å²) in [7, 11) is 0. The number of hydrogen-bond donors (Lipinski definition) is 1. The molecule has 0 aliphatic rings. The molecule has 166 valence electrons. The number of amides is 1. The maximum Gasteiger partial charge on any atom is 0.230 e. The first-order chi connectivity index (χ1) is 15.3. The van der Waals surface area contributed by atoms with Crippen molar-refractivity contribution in [3.05, 3.63) is 57.4 Å². The highest BCUT2D eigenvalue weighted by Gasteiger charge is 2.23. The number of nitrogens with two attached hydrogens (primary N) is 1. The highest BCUT2D eigenvalue weighted by molar-refractivity contribution is 7.98. The number of thioether (sulfide) groups is 1. The maximum atomic E-state index is 12.5. The second-order valence-corrected chi connectivity index (χ2v) is 9.43. The molecule has 0 aliphatic heterocycles. The predicted octanol–water partition coefficient (Wildman–Crippen LogP) is 5.26. The van der Waals surface area contributed by atoms with Gasteiger partial charge in [-0.1, -0.05) is 29.4 Å². The van der Waals surface area contributed by atoms with E-state index in [-0.39, 0.29) is 5.91 Å². The Morgan fingerprint density at radius 3 is 2.75 bits per heavy atom. The predicted molar refractivity (Wildman–Crippen MR) is 128 cm³/mol. The van der Waals surface area contributed by atoms with Crippen molar-refractivity contribution in [2.45, 2.75) is 38.6 Å². The van der Waals surface area contributed by atoms with E-state index in [9.17, 15) is 4.79 Å². The van der Waals surface area contributed by atoms with Crippen molar-refractivity contribution in [1.29, 1.82) is 0 Å². The molecular weight excluding hydrogens is 468 g/mol. The number of carbonyl (C=O) groups excluding carboxylic acids is 1. The van der Waals surface area contributed by atoms with E-state index in [2.05, 4.69) is 15.2 Å². The minimum Gasteiger partial charge on any atom is -0.469 e. The molecule has 0 spiro atoms. The van der Waals surface area contributed by atoms with E-state index in [0.717, 1.165) is 28.1 Å². The summed E-state index contributed by atoms with van der Waals surface area (Å²) in [6.07, 6.45) is 1.59. The molecule has 0 saturated heterocycles. The van der Waals surface area contributed by atoms with Gasteiger partial charge in [0, 0.05) is 18.1 Å². The molecule has 32 heavy (non-hydrogen) atoms. The molecule has 0 unspecified atom stereocenters. The zero-order valence-electron chi connectivity index (χ0n) is 17.9. The van der Waals surface area contributed by atoms with Crippen LogP contribution in [0.25, 0.3) is 11.4 Å². The van der Waals surface area contributed by atoms with Crippen molar-refractivity contribution in [1.82, 2.24) is 19.9 Å². The third kappa shape index (κ3) is 4.25. The molecule has 3 aromatic heterocycles. The van der Waals surface area contributed by atoms with Crippen LogP contribution in [-0.2, 0) is 10.5 Å². The summed E-state index contributed by atoms with van der Waals surface area (Å²) in [5.74, 6) is 7.80. The third-order valence-electron chi connectivity index (χ3n) is 4.78. The van der Waals surface area contributed by atoms with E-state index >= 15 is 0 Å². The SMILES string of the molecule is CC(=O)N(c1nc(CSc2nnc(-c3ccoc3C)n2N)cs1)c1c(C)cc(C)cc1Cl. The summed E-state index contributed by atoms with van der Waals surface area (Å²) in [6.45, 7) is 7.25. The van der Waals surface area contributed by atoms with E-state index < -0.39 is 0 Å². The van der Waals surface area contributed by atoms with E-state index in [1.165, 1.54) is 34.7 Å². The van der Waals surface area contributed by atoms with Gasteiger partial charge < -0.3 is 10.3 Å². The Morgan fingerprint density at radius 1 is 1.31 bits per heavy atom. The van der Waals surface area contributed by atoms with Gasteiger partial charge in [0.25, 0.3) is 0 Å². The van der Waals surface area contributed by atoms with E-state index in [1.54, 1.807) is 17.2 Å². The highest BCUT2D eigenvalue weighted by Crippen LogP contribution is 2.38. The van der Waals surface area contributed by atoms with Crippen molar-refractivity contribution in [2.75, 3.05) is 10.7 Å². The Hall–Kier alpha value is -2.82. The summed E-state index contributed by atoms with van der Waals surface area (Å²) >= 11 is 9.28. The number of aryl methyl sites for hydroxylation is 3. The number of thiazole rings is 1. The molecule has 8 nitrogen and oxygen atoms in total. The largest absolute Gasteiger partial charge is 0.469 e. The topological polar surface area (TPSA) is 103 Å². The Kier molecular flexibility index (Phi) is 6.27. The molecule has 3 heterocycles. The fraction of sp³-hybridized carbons (Fsp3) is 0.238. The highest BCUT2D eigenvalue weighted by atomic mass is 35.5. The van der Waals surface area contributed by atoms with Gasteiger partial charge in [-0.25, -0.2) is 9.66 Å². The van der Waals surface area contributed by atoms with Gasteiger partial charge in [0.05, 0.1) is 28.2 Å². The van der Waals surface area contributed by atoms with Crippen LogP contribution in [0, 0.1) is 20.8 Å². The molecular formula is C21H21ClN6O2S2. The van der Waals surface area contributed by atoms with Gasteiger partial charge in [-0.3, -0.25) is 9.69 Å². The minimum absolute atomic E-state index is 0.158. The summed E-state index contributed by atoms with van der Waals surface area (Å²) < 4.78 is 6.76. The number of nitrogen functional groups attached to an aromatic ring is 1. The van der Waals surface area contributed by atoms with Crippen LogP contribution in [0.1, 0.15) is 29.5 Å². The molecule has 0 bridgehead atoms. The zero-order chi connectivity index (χ0) is 23.0. The lowest BCUT2D eigenvalue weighted by Gasteiger charge is -2.22. The second kappa shape index (κ2) is 8.97. The van der Waals surface area contributed by atoms with Crippen molar-refractivity contribution in [3.8, 4) is 11.4 Å². The lowest BCUT2D eigenvalue weighted by atomic mass is 10.1. The van der Waals surface area contributed by atoms with E-state index in [0.29, 0.717) is 32.6 Å². The van der Waals surface area contributed by atoms with E-state index in [4.69, 9.17) is 21.9 Å². The zero-order valence-corrected chi connectivity index (χ0v) is 20.3. The third-order valence-corrected chi connectivity index (χ3v) is 6.92. The average Bonchev–Trinajstić information content (AvgIpc) is 3.43. The summed E-state index contributed by atoms with van der Waals surface area (Å²) in [4.78, 5) is 18.7. The number of anilines is 2. The number of benzene rings is 1. The molecule has 11 heteroatoms. The van der Waals surface area contributed by atoms with Crippen LogP contribution in [0.4, 0.5) is 10.8 Å². The van der Waals surface area contributed by atoms with Crippen LogP contribution in [0.2, 0.25) is 5.02 Å². The van der Waals surface area contributed by atoms with Crippen LogP contribution in [0.5, 0.6) is 0 Å². The number of furan rings is 1. The molecule has 0 radical (unpaired) electrons. The van der Waals surface area contributed by atoms with Crippen molar-refractivity contribution >= 4 is 51.4 Å². The Labute approximate surface area is 198 Å². The smallest absolute Gasteiger partial charge is 0.230 e. The fourth-order valence-electron chi connectivity index (χ4n) is 3.36. The summed E-state index contributed by atoms with van der Waals surface area (Å²) in [6, 6.07) is 5.64. The summed E-state index contributed by atoms with van der Waals surface area (Å²) in [5.41, 5.74) is 4.19. The quantitative estimate of drug-likeness (QED) is 0.291. The minimum atomic E-state index is -0.158. The molecule has 0 aliphatic carbocycles. The first kappa shape index (κ1) is 22.4. The van der Waals surface area contributed by atoms with Crippen molar-refractivity contribution in [3.63, 3.8) is 0 Å². The first-order valence-electron chi connectivity index (χ1n) is 9.66. The van der Waals surface area contributed by atoms with Gasteiger partial charge in [0.15, 0.2) is 11.0 Å². The van der Waals surface area contributed by atoms with Gasteiger partial charge in [-0.05, 0) is 44.0 Å². The van der Waals surface area contributed by atoms with Gasteiger partial charge >= 0.3 is 0 Å². The Morgan fingerprint density at radius 2 is 2.09 bits per heavy atom. The molecule has 0 fully saturated rings. The molecule has 1 aromatic carbocycles. The van der Waals surface area contributed by atoms with Crippen molar-refractivity contribution < 1.29 is 9.21 Å². The van der Waals surface area contributed by atoms with Crippen LogP contribution in [0.3, 0.4) is 0 Å². The number of carbonyl (C=O) groups is 1. The standard InChI is InChI=1S/C21H21ClN6O2S2/c1-11-7-12(2)18(17(22)8-11)27(14(4)29)20-24-15(9-31-20)10-32-21-26-25-19(28(21)23)16-5-6-30-13(16)3/h5-9H,10,23H2,1-4H3. The van der Waals surface area contributed by atoms with Gasteiger partial charge in [-0.2, -0.15) is 0 Å². The number of aromatic nitrogens is 4. The Bertz CT molecular complexity index is 1270. The van der Waals surface area contributed by atoms with Gasteiger partial charge in [-0.15, -0.1) is 21.5 Å². The molecule has 4 rings (SSSR count). The number of rotatable bonds is 6. The number of nitrogens with zero attached hydrogens (tertiary/aromatic N) is 5. The van der Waals surface area contributed by atoms with Crippen LogP contribution in [0.15, 0.2) is 39.4 Å².